The summed E-state index contributed by atoms with van der Waals surface area (Å²) < 4.78 is 5.10. The molecule has 2 aliphatic rings. The van der Waals surface area contributed by atoms with Crippen LogP contribution in [0.1, 0.15) is 31.7 Å². The lowest BCUT2D eigenvalue weighted by Gasteiger charge is -2.37. The maximum atomic E-state index is 13.0. The molecule has 0 saturated carbocycles. The third-order valence-electron chi connectivity index (χ3n) is 5.01. The molecule has 1 fully saturated rings. The largest absolute Gasteiger partial charge is 0.466 e. The summed E-state index contributed by atoms with van der Waals surface area (Å²) in [5.74, 6) is -0.864. The number of nitrogens with one attached hydrogen (secondary N) is 1. The van der Waals surface area contributed by atoms with Crippen LogP contribution in [-0.4, -0.2) is 61.5 Å². The van der Waals surface area contributed by atoms with Crippen molar-refractivity contribution in [3.8, 4) is 0 Å². The van der Waals surface area contributed by atoms with E-state index in [4.69, 9.17) is 4.74 Å². The number of anilines is 1. The van der Waals surface area contributed by atoms with Crippen molar-refractivity contribution in [3.05, 3.63) is 29.8 Å². The summed E-state index contributed by atoms with van der Waals surface area (Å²) in [6, 6.07) is 7.31. The molecule has 27 heavy (non-hydrogen) atoms. The molecule has 3 rings (SSSR count). The second-order valence-electron chi connectivity index (χ2n) is 6.97. The van der Waals surface area contributed by atoms with E-state index < -0.39 is 12.0 Å². The Morgan fingerprint density at radius 1 is 1.26 bits per heavy atom. The van der Waals surface area contributed by atoms with Crippen LogP contribution in [0.2, 0.25) is 0 Å². The van der Waals surface area contributed by atoms with Gasteiger partial charge >= 0.3 is 5.97 Å². The molecule has 7 nitrogen and oxygen atoms in total. The van der Waals surface area contributed by atoms with E-state index in [2.05, 4.69) is 16.3 Å². The highest BCUT2D eigenvalue weighted by Gasteiger charge is 2.36. The zero-order valence-electron chi connectivity index (χ0n) is 15.8. The molecule has 0 bridgehead atoms. The maximum Gasteiger partial charge on any atom is 0.308 e. The van der Waals surface area contributed by atoms with Gasteiger partial charge in [-0.15, -0.1) is 0 Å². The number of hydrogen-bond acceptors (Lipinski definition) is 5. The van der Waals surface area contributed by atoms with Crippen molar-refractivity contribution in [2.45, 2.75) is 38.6 Å². The van der Waals surface area contributed by atoms with Crippen molar-refractivity contribution in [1.82, 2.24) is 10.2 Å². The molecular formula is C20H27N3O4. The molecule has 7 heteroatoms. The average Bonchev–Trinajstić information content (AvgIpc) is 2.68. The number of fused-ring (bicyclic) bond motifs is 1. The van der Waals surface area contributed by atoms with Crippen molar-refractivity contribution in [2.24, 2.45) is 0 Å². The molecule has 1 unspecified atom stereocenters. The van der Waals surface area contributed by atoms with E-state index in [1.807, 2.05) is 25.1 Å². The van der Waals surface area contributed by atoms with Crippen molar-refractivity contribution >= 4 is 23.5 Å². The standard InChI is InChI=1S/C20H27N3O4/c1-2-12-27-19(25)13-17-20(26)21-9-11-23(17)18(24)14-22-10-5-7-15-6-3-4-8-16(15)22/h3-4,6,8,17H,2,5,7,9-14H2,1H3,(H,21,26). The Morgan fingerprint density at radius 3 is 2.89 bits per heavy atom. The fourth-order valence-electron chi connectivity index (χ4n) is 3.68. The van der Waals surface area contributed by atoms with Gasteiger partial charge in [0.05, 0.1) is 19.6 Å². The van der Waals surface area contributed by atoms with E-state index >= 15 is 0 Å². The van der Waals surface area contributed by atoms with Gasteiger partial charge in [0.25, 0.3) is 0 Å². The third kappa shape index (κ3) is 4.59. The molecule has 0 radical (unpaired) electrons. The Morgan fingerprint density at radius 2 is 2.07 bits per heavy atom. The fourth-order valence-corrected chi connectivity index (χ4v) is 3.68. The van der Waals surface area contributed by atoms with Crippen LogP contribution in [-0.2, 0) is 25.5 Å². The van der Waals surface area contributed by atoms with Gasteiger partial charge < -0.3 is 19.9 Å². The predicted octanol–water partition coefficient (Wildman–Crippen LogP) is 1.11. The first-order valence-corrected chi connectivity index (χ1v) is 9.65. The van der Waals surface area contributed by atoms with Crippen LogP contribution >= 0.6 is 0 Å². The van der Waals surface area contributed by atoms with Crippen LogP contribution in [0.4, 0.5) is 5.69 Å². The van der Waals surface area contributed by atoms with Crippen molar-refractivity contribution in [1.29, 1.82) is 0 Å². The lowest BCUT2D eigenvalue weighted by molar-refractivity contribution is -0.151. The van der Waals surface area contributed by atoms with E-state index in [0.717, 1.165) is 31.5 Å². The number of rotatable bonds is 6. The minimum Gasteiger partial charge on any atom is -0.466 e. The first-order valence-electron chi connectivity index (χ1n) is 9.65. The van der Waals surface area contributed by atoms with Crippen LogP contribution < -0.4 is 10.2 Å². The highest BCUT2D eigenvalue weighted by atomic mass is 16.5. The molecule has 2 amide bonds. The van der Waals surface area contributed by atoms with Crippen LogP contribution in [0, 0.1) is 0 Å². The number of amides is 2. The monoisotopic (exact) mass is 373 g/mol. The van der Waals surface area contributed by atoms with Gasteiger partial charge in [-0.3, -0.25) is 14.4 Å². The smallest absolute Gasteiger partial charge is 0.308 e. The van der Waals surface area contributed by atoms with Gasteiger partial charge in [-0.1, -0.05) is 25.1 Å². The molecule has 1 N–H and O–H groups in total. The van der Waals surface area contributed by atoms with Crippen molar-refractivity contribution < 1.29 is 19.1 Å². The maximum absolute atomic E-state index is 13.0. The molecule has 1 aromatic rings. The van der Waals surface area contributed by atoms with E-state index in [0.29, 0.717) is 19.7 Å². The number of carbonyl (C=O) groups excluding carboxylic acids is 3. The Labute approximate surface area is 159 Å². The Balaban J connectivity index is 1.68. The van der Waals surface area contributed by atoms with E-state index in [9.17, 15) is 14.4 Å². The summed E-state index contributed by atoms with van der Waals surface area (Å²) >= 11 is 0. The molecule has 2 heterocycles. The molecule has 1 atom stereocenters. The zero-order chi connectivity index (χ0) is 19.2. The molecule has 1 saturated heterocycles. The minimum atomic E-state index is -0.796. The lowest BCUT2D eigenvalue weighted by atomic mass is 10.0. The number of ether oxygens (including phenoxy) is 1. The van der Waals surface area contributed by atoms with Crippen molar-refractivity contribution in [3.63, 3.8) is 0 Å². The second kappa shape index (κ2) is 8.88. The van der Waals surface area contributed by atoms with Gasteiger partial charge in [0, 0.05) is 25.3 Å². The minimum absolute atomic E-state index is 0.103. The quantitative estimate of drug-likeness (QED) is 0.756. The normalized spacial score (nSPS) is 19.3. The number of aryl methyl sites for hydroxylation is 1. The van der Waals surface area contributed by atoms with Gasteiger partial charge in [-0.05, 0) is 30.9 Å². The van der Waals surface area contributed by atoms with E-state index in [-0.39, 0.29) is 24.8 Å². The van der Waals surface area contributed by atoms with Crippen LogP contribution in [0.15, 0.2) is 24.3 Å². The SMILES string of the molecule is CCCOC(=O)CC1C(=O)NCCN1C(=O)CN1CCCc2ccccc21. The van der Waals surface area contributed by atoms with Gasteiger partial charge in [0.2, 0.25) is 11.8 Å². The average molecular weight is 373 g/mol. The number of esters is 1. The van der Waals surface area contributed by atoms with Gasteiger partial charge in [0.15, 0.2) is 0 Å². The fraction of sp³-hybridized carbons (Fsp3) is 0.550. The zero-order valence-corrected chi connectivity index (χ0v) is 15.8. The second-order valence-corrected chi connectivity index (χ2v) is 6.97. The molecule has 1 aromatic carbocycles. The molecule has 0 aliphatic carbocycles. The topological polar surface area (TPSA) is 79.0 Å². The predicted molar refractivity (Wildman–Crippen MR) is 101 cm³/mol. The molecule has 146 valence electrons. The number of para-hydroxylation sites is 1. The molecule has 0 spiro atoms. The van der Waals surface area contributed by atoms with E-state index in [1.54, 1.807) is 0 Å². The summed E-state index contributed by atoms with van der Waals surface area (Å²) in [4.78, 5) is 40.8. The summed E-state index contributed by atoms with van der Waals surface area (Å²) in [5.41, 5.74) is 2.32. The van der Waals surface area contributed by atoms with Gasteiger partial charge in [-0.25, -0.2) is 0 Å². The molecule has 2 aliphatic heterocycles. The number of benzene rings is 1. The lowest BCUT2D eigenvalue weighted by Crippen LogP contribution is -2.59. The van der Waals surface area contributed by atoms with Crippen LogP contribution in [0.25, 0.3) is 0 Å². The number of carbonyl (C=O) groups is 3. The summed E-state index contributed by atoms with van der Waals surface area (Å²) in [6.45, 7) is 4.07. The Hall–Kier alpha value is -2.57. The number of hydrogen-bond donors (Lipinski definition) is 1. The number of piperazine rings is 1. The van der Waals surface area contributed by atoms with Crippen molar-refractivity contribution in [2.75, 3.05) is 37.7 Å². The Kier molecular flexibility index (Phi) is 6.32. The third-order valence-corrected chi connectivity index (χ3v) is 5.01. The summed E-state index contributed by atoms with van der Waals surface area (Å²) in [7, 11) is 0. The van der Waals surface area contributed by atoms with Crippen LogP contribution in [0.5, 0.6) is 0 Å². The molecular weight excluding hydrogens is 346 g/mol. The first-order chi connectivity index (χ1) is 13.1. The number of nitrogens with zero attached hydrogens (tertiary/aromatic N) is 2. The first kappa shape index (κ1) is 19.2. The summed E-state index contributed by atoms with van der Waals surface area (Å²) in [5, 5.41) is 2.74. The highest BCUT2D eigenvalue weighted by molar-refractivity contribution is 5.93. The Bertz CT molecular complexity index is 706. The molecule has 0 aromatic heterocycles. The van der Waals surface area contributed by atoms with Gasteiger partial charge in [0.1, 0.15) is 6.04 Å². The van der Waals surface area contributed by atoms with E-state index in [1.165, 1.54) is 10.5 Å². The highest BCUT2D eigenvalue weighted by Crippen LogP contribution is 2.26. The summed E-state index contributed by atoms with van der Waals surface area (Å²) in [6.07, 6.45) is 2.63. The van der Waals surface area contributed by atoms with Gasteiger partial charge in [-0.2, -0.15) is 0 Å². The van der Waals surface area contributed by atoms with Crippen LogP contribution in [0.3, 0.4) is 0 Å².